The number of rotatable bonds is 0. The van der Waals surface area contributed by atoms with Gasteiger partial charge in [0.1, 0.15) is 11.5 Å². The van der Waals surface area contributed by atoms with Crippen molar-refractivity contribution in [1.82, 2.24) is 10.6 Å². The Labute approximate surface area is 111 Å². The summed E-state index contributed by atoms with van der Waals surface area (Å²) in [5, 5.41) is 5.43. The number of carbonyl (C=O) groups is 2. The second-order valence-electron chi connectivity index (χ2n) is 4.11. The lowest BCUT2D eigenvalue weighted by atomic mass is 10.3. The fourth-order valence-corrected chi connectivity index (χ4v) is 1.60. The van der Waals surface area contributed by atoms with Crippen molar-refractivity contribution in [2.45, 2.75) is 6.42 Å². The fraction of sp³-hybridized carbons (Fsp3) is 0.385. The molecule has 1 aliphatic heterocycles. The van der Waals surface area contributed by atoms with E-state index in [9.17, 15) is 9.59 Å². The van der Waals surface area contributed by atoms with E-state index < -0.39 is 0 Å². The van der Waals surface area contributed by atoms with Crippen LogP contribution in [0.2, 0.25) is 0 Å². The van der Waals surface area contributed by atoms with Crippen molar-refractivity contribution >= 4 is 11.8 Å². The molecule has 2 bridgehead atoms. The van der Waals surface area contributed by atoms with Crippen LogP contribution in [0.5, 0.6) is 11.5 Å². The Hall–Kier alpha value is -2.24. The van der Waals surface area contributed by atoms with E-state index in [1.165, 1.54) is 0 Å². The molecule has 2 N–H and O–H groups in total. The second-order valence-corrected chi connectivity index (χ2v) is 4.11. The molecule has 1 aliphatic rings. The van der Waals surface area contributed by atoms with Gasteiger partial charge in [-0.1, -0.05) is 6.07 Å². The van der Waals surface area contributed by atoms with Crippen LogP contribution < -0.4 is 20.1 Å². The number of hydrogen-bond acceptors (Lipinski definition) is 4. The number of hydrogen-bond donors (Lipinski definition) is 2. The average molecular weight is 264 g/mol. The predicted molar refractivity (Wildman–Crippen MR) is 68.1 cm³/mol. The maximum absolute atomic E-state index is 11.5. The van der Waals surface area contributed by atoms with Crippen molar-refractivity contribution in [3.8, 4) is 11.5 Å². The monoisotopic (exact) mass is 264 g/mol. The van der Waals surface area contributed by atoms with Crippen LogP contribution in [0.15, 0.2) is 24.3 Å². The third kappa shape index (κ3) is 4.50. The highest BCUT2D eigenvalue weighted by atomic mass is 16.5. The maximum atomic E-state index is 11.5. The summed E-state index contributed by atoms with van der Waals surface area (Å²) >= 11 is 0. The van der Waals surface area contributed by atoms with Gasteiger partial charge in [-0.2, -0.15) is 0 Å². The van der Waals surface area contributed by atoms with Gasteiger partial charge in [-0.3, -0.25) is 9.59 Å². The van der Waals surface area contributed by atoms with Gasteiger partial charge in [0.2, 0.25) is 0 Å². The van der Waals surface area contributed by atoms with E-state index in [-0.39, 0.29) is 25.0 Å². The first-order valence-electron chi connectivity index (χ1n) is 6.13. The normalized spacial score (nSPS) is 17.3. The molecule has 2 rings (SSSR count). The number of fused-ring (bicyclic) bond motifs is 2. The first-order valence-corrected chi connectivity index (χ1v) is 6.13. The highest BCUT2D eigenvalue weighted by molar-refractivity contribution is 5.78. The predicted octanol–water partition coefficient (Wildman–Crippen LogP) is 0.0803. The van der Waals surface area contributed by atoms with E-state index in [1.54, 1.807) is 24.3 Å². The van der Waals surface area contributed by atoms with Gasteiger partial charge in [-0.05, 0) is 18.6 Å². The molecule has 0 radical (unpaired) electrons. The molecule has 0 spiro atoms. The molecule has 0 atom stereocenters. The molecule has 0 aromatic heterocycles. The largest absolute Gasteiger partial charge is 0.484 e. The molecule has 0 aliphatic carbocycles. The Morgan fingerprint density at radius 3 is 1.95 bits per heavy atom. The molecule has 19 heavy (non-hydrogen) atoms. The third-order valence-electron chi connectivity index (χ3n) is 2.54. The van der Waals surface area contributed by atoms with Crippen molar-refractivity contribution in [3.63, 3.8) is 0 Å². The zero-order valence-corrected chi connectivity index (χ0v) is 10.5. The molecule has 2 amide bonds. The van der Waals surface area contributed by atoms with Gasteiger partial charge in [0, 0.05) is 19.2 Å². The Kier molecular flexibility index (Phi) is 4.60. The summed E-state index contributed by atoms with van der Waals surface area (Å²) in [5.41, 5.74) is 0. The minimum absolute atomic E-state index is 0.0319. The summed E-state index contributed by atoms with van der Waals surface area (Å²) in [6.45, 7) is 0.943. The van der Waals surface area contributed by atoms with E-state index >= 15 is 0 Å². The summed E-state index contributed by atoms with van der Waals surface area (Å²) in [6, 6.07) is 6.84. The number of carbonyl (C=O) groups excluding carboxylic acids is 2. The Morgan fingerprint density at radius 1 is 0.895 bits per heavy atom. The van der Waals surface area contributed by atoms with Gasteiger partial charge >= 0.3 is 0 Å². The maximum Gasteiger partial charge on any atom is 0.257 e. The van der Waals surface area contributed by atoms with Gasteiger partial charge in [0.05, 0.1) is 0 Å². The molecule has 6 nitrogen and oxygen atoms in total. The number of benzene rings is 1. The first kappa shape index (κ1) is 13.2. The lowest BCUT2D eigenvalue weighted by molar-refractivity contribution is -0.123. The van der Waals surface area contributed by atoms with E-state index in [0.29, 0.717) is 31.0 Å². The van der Waals surface area contributed by atoms with Crippen LogP contribution in [0.25, 0.3) is 0 Å². The molecule has 1 aromatic rings. The molecular formula is C13H16N2O4. The van der Waals surface area contributed by atoms with Gasteiger partial charge in [0.25, 0.3) is 11.8 Å². The van der Waals surface area contributed by atoms with Gasteiger partial charge in [-0.25, -0.2) is 0 Å². The van der Waals surface area contributed by atoms with Crippen LogP contribution in [0.3, 0.4) is 0 Å². The van der Waals surface area contributed by atoms with Crippen molar-refractivity contribution in [2.24, 2.45) is 0 Å². The van der Waals surface area contributed by atoms with Gasteiger partial charge < -0.3 is 20.1 Å². The summed E-state index contributed by atoms with van der Waals surface area (Å²) in [7, 11) is 0. The van der Waals surface area contributed by atoms with Gasteiger partial charge in [-0.15, -0.1) is 0 Å². The highest BCUT2D eigenvalue weighted by Crippen LogP contribution is 2.19. The summed E-state index contributed by atoms with van der Waals surface area (Å²) in [6.07, 6.45) is 0.669. The lowest BCUT2D eigenvalue weighted by Crippen LogP contribution is -2.34. The van der Waals surface area contributed by atoms with E-state index in [2.05, 4.69) is 10.6 Å². The molecule has 1 heterocycles. The van der Waals surface area contributed by atoms with Crippen LogP contribution >= 0.6 is 0 Å². The van der Waals surface area contributed by atoms with Crippen molar-refractivity contribution < 1.29 is 19.1 Å². The van der Waals surface area contributed by atoms with Crippen molar-refractivity contribution in [3.05, 3.63) is 24.3 Å². The molecule has 0 fully saturated rings. The minimum Gasteiger partial charge on any atom is -0.484 e. The highest BCUT2D eigenvalue weighted by Gasteiger charge is 2.07. The van der Waals surface area contributed by atoms with Crippen LogP contribution in [-0.2, 0) is 9.59 Å². The molecule has 0 saturated heterocycles. The van der Waals surface area contributed by atoms with Crippen molar-refractivity contribution in [1.29, 1.82) is 0 Å². The van der Waals surface area contributed by atoms with Gasteiger partial charge in [0.15, 0.2) is 13.2 Å². The van der Waals surface area contributed by atoms with Crippen molar-refractivity contribution in [2.75, 3.05) is 26.3 Å². The first-order chi connectivity index (χ1) is 9.24. The molecule has 6 heteroatoms. The molecule has 0 unspecified atom stereocenters. The molecule has 0 saturated carbocycles. The number of ether oxygens (including phenoxy) is 2. The van der Waals surface area contributed by atoms with E-state index in [1.807, 2.05) is 0 Å². The van der Waals surface area contributed by atoms with E-state index in [4.69, 9.17) is 9.47 Å². The smallest absolute Gasteiger partial charge is 0.257 e. The number of nitrogens with one attached hydrogen (secondary N) is 2. The Morgan fingerprint density at radius 2 is 1.42 bits per heavy atom. The fourth-order valence-electron chi connectivity index (χ4n) is 1.60. The lowest BCUT2D eigenvalue weighted by Gasteiger charge is -2.12. The van der Waals surface area contributed by atoms with Crippen LogP contribution in [0, 0.1) is 0 Å². The topological polar surface area (TPSA) is 76.7 Å². The van der Waals surface area contributed by atoms with Crippen LogP contribution in [-0.4, -0.2) is 38.1 Å². The minimum atomic E-state index is -0.185. The standard InChI is InChI=1S/C13H16N2O4/c16-12-8-18-10-3-1-4-11(7-10)19-9-13(17)15-6-2-5-14-12/h1,3-4,7H,2,5-6,8-9H2,(H,14,16)(H,15,17). The zero-order valence-electron chi connectivity index (χ0n) is 10.5. The van der Waals surface area contributed by atoms with E-state index in [0.717, 1.165) is 0 Å². The second kappa shape index (κ2) is 6.63. The molecule has 1 aromatic carbocycles. The summed E-state index contributed by atoms with van der Waals surface area (Å²) in [5.74, 6) is 0.694. The SMILES string of the molecule is O=C1COc2cccc(c2)OCC(=O)NCCCN1. The summed E-state index contributed by atoms with van der Waals surface area (Å²) in [4.78, 5) is 22.9. The molecular weight excluding hydrogens is 248 g/mol. The summed E-state index contributed by atoms with van der Waals surface area (Å²) < 4.78 is 10.7. The Bertz CT molecular complexity index is 424. The van der Waals surface area contributed by atoms with Crippen LogP contribution in [0.4, 0.5) is 0 Å². The number of amides is 2. The quantitative estimate of drug-likeness (QED) is 0.696. The third-order valence-corrected chi connectivity index (χ3v) is 2.54. The molecule has 102 valence electrons. The average Bonchev–Trinajstić information content (AvgIpc) is 2.42. The zero-order chi connectivity index (χ0) is 13.5. The van der Waals surface area contributed by atoms with Crippen LogP contribution in [0.1, 0.15) is 6.42 Å². The Balaban J connectivity index is 2.04.